The largest absolute Gasteiger partial charge is 0.257 e. The van der Waals surface area contributed by atoms with Gasteiger partial charge < -0.3 is 0 Å². The molecule has 0 atom stereocenters. The minimum absolute atomic E-state index is 0.113. The Morgan fingerprint density at radius 3 is 1.65 bits per heavy atom. The standard InChI is InChI=1S/C15H24BrN/c1-14(2,3)12-9-11(7-8-16)10-13(17-12)15(4,5)6/h9-10H,7-8H2,1-6H3. The summed E-state index contributed by atoms with van der Waals surface area (Å²) in [5.74, 6) is 0. The summed E-state index contributed by atoms with van der Waals surface area (Å²) in [6, 6.07) is 4.49. The monoisotopic (exact) mass is 297 g/mol. The quantitative estimate of drug-likeness (QED) is 0.726. The van der Waals surface area contributed by atoms with Crippen LogP contribution in [0.1, 0.15) is 58.5 Å². The molecule has 0 aliphatic carbocycles. The van der Waals surface area contributed by atoms with Crippen molar-refractivity contribution in [2.45, 2.75) is 58.8 Å². The van der Waals surface area contributed by atoms with E-state index in [1.807, 2.05) is 0 Å². The highest BCUT2D eigenvalue weighted by Gasteiger charge is 2.21. The van der Waals surface area contributed by atoms with Crippen molar-refractivity contribution in [3.8, 4) is 0 Å². The Bertz CT molecular complexity index is 351. The smallest absolute Gasteiger partial charge is 0.0463 e. The molecule has 0 N–H and O–H groups in total. The first-order chi connectivity index (χ1) is 7.64. The first kappa shape index (κ1) is 14.7. The van der Waals surface area contributed by atoms with Gasteiger partial charge in [0, 0.05) is 27.5 Å². The van der Waals surface area contributed by atoms with Gasteiger partial charge in [0.25, 0.3) is 0 Å². The molecular weight excluding hydrogens is 274 g/mol. The van der Waals surface area contributed by atoms with Crippen molar-refractivity contribution in [2.75, 3.05) is 5.33 Å². The summed E-state index contributed by atoms with van der Waals surface area (Å²) in [4.78, 5) is 4.84. The predicted octanol–water partition coefficient (Wildman–Crippen LogP) is 4.61. The molecule has 2 heteroatoms. The lowest BCUT2D eigenvalue weighted by Crippen LogP contribution is -2.20. The summed E-state index contributed by atoms with van der Waals surface area (Å²) in [5, 5.41) is 1.00. The third-order valence-electron chi connectivity index (χ3n) is 2.81. The molecule has 0 spiro atoms. The van der Waals surface area contributed by atoms with Gasteiger partial charge in [-0.05, 0) is 24.1 Å². The van der Waals surface area contributed by atoms with Gasteiger partial charge in [0.05, 0.1) is 0 Å². The Labute approximate surface area is 114 Å². The molecule has 0 amide bonds. The fraction of sp³-hybridized carbons (Fsp3) is 0.667. The first-order valence-electron chi connectivity index (χ1n) is 6.22. The van der Waals surface area contributed by atoms with Crippen LogP contribution in [0.5, 0.6) is 0 Å². The van der Waals surface area contributed by atoms with E-state index >= 15 is 0 Å². The van der Waals surface area contributed by atoms with Crippen molar-refractivity contribution in [1.82, 2.24) is 4.98 Å². The number of hydrogen-bond donors (Lipinski definition) is 0. The van der Waals surface area contributed by atoms with Gasteiger partial charge in [0.15, 0.2) is 0 Å². The summed E-state index contributed by atoms with van der Waals surface area (Å²) >= 11 is 3.52. The zero-order chi connectivity index (χ0) is 13.3. The van der Waals surface area contributed by atoms with Gasteiger partial charge >= 0.3 is 0 Å². The lowest BCUT2D eigenvalue weighted by molar-refractivity contribution is 0.529. The van der Waals surface area contributed by atoms with Crippen molar-refractivity contribution in [3.05, 3.63) is 29.1 Å². The fourth-order valence-corrected chi connectivity index (χ4v) is 2.07. The molecule has 0 fully saturated rings. The summed E-state index contributed by atoms with van der Waals surface area (Å²) in [6.07, 6.45) is 1.06. The molecule has 1 aromatic rings. The lowest BCUT2D eigenvalue weighted by Gasteiger charge is -2.24. The molecule has 0 radical (unpaired) electrons. The molecule has 0 bridgehead atoms. The number of aryl methyl sites for hydroxylation is 1. The third-order valence-corrected chi connectivity index (χ3v) is 3.20. The minimum Gasteiger partial charge on any atom is -0.257 e. The maximum Gasteiger partial charge on any atom is 0.0463 e. The van der Waals surface area contributed by atoms with Gasteiger partial charge in [-0.25, -0.2) is 0 Å². The van der Waals surface area contributed by atoms with Gasteiger partial charge in [0.1, 0.15) is 0 Å². The molecule has 1 rings (SSSR count). The number of aromatic nitrogens is 1. The molecule has 0 saturated carbocycles. The van der Waals surface area contributed by atoms with Crippen molar-refractivity contribution in [1.29, 1.82) is 0 Å². The third kappa shape index (κ3) is 4.09. The second-order valence-corrected chi connectivity index (χ2v) is 7.48. The Kier molecular flexibility index (Phi) is 4.40. The van der Waals surface area contributed by atoms with Crippen molar-refractivity contribution in [3.63, 3.8) is 0 Å². The normalized spacial score (nSPS) is 12.9. The van der Waals surface area contributed by atoms with Crippen LogP contribution < -0.4 is 0 Å². The Morgan fingerprint density at radius 1 is 0.941 bits per heavy atom. The van der Waals surface area contributed by atoms with Crippen LogP contribution in [0.15, 0.2) is 12.1 Å². The van der Waals surface area contributed by atoms with E-state index in [0.29, 0.717) is 0 Å². The maximum atomic E-state index is 4.84. The van der Waals surface area contributed by atoms with E-state index in [1.54, 1.807) is 0 Å². The van der Waals surface area contributed by atoms with E-state index in [4.69, 9.17) is 4.98 Å². The predicted molar refractivity (Wildman–Crippen MR) is 79.1 cm³/mol. The Balaban J connectivity index is 3.29. The molecule has 96 valence electrons. The highest BCUT2D eigenvalue weighted by Crippen LogP contribution is 2.27. The number of nitrogens with zero attached hydrogens (tertiary/aromatic N) is 1. The molecule has 0 aromatic carbocycles. The van der Waals surface area contributed by atoms with Crippen molar-refractivity contribution >= 4 is 15.9 Å². The van der Waals surface area contributed by atoms with Crippen molar-refractivity contribution < 1.29 is 0 Å². The van der Waals surface area contributed by atoms with Gasteiger partial charge in [-0.2, -0.15) is 0 Å². The zero-order valence-electron chi connectivity index (χ0n) is 11.9. The second-order valence-electron chi connectivity index (χ2n) is 6.68. The van der Waals surface area contributed by atoms with Gasteiger partial charge in [0.2, 0.25) is 0 Å². The summed E-state index contributed by atoms with van der Waals surface area (Å²) < 4.78 is 0. The van der Waals surface area contributed by atoms with Crippen LogP contribution in [-0.2, 0) is 17.3 Å². The van der Waals surface area contributed by atoms with Crippen molar-refractivity contribution in [2.24, 2.45) is 0 Å². The number of alkyl halides is 1. The molecular formula is C15H24BrN. The van der Waals surface area contributed by atoms with Gasteiger partial charge in [-0.1, -0.05) is 57.5 Å². The van der Waals surface area contributed by atoms with Gasteiger partial charge in [-0.15, -0.1) is 0 Å². The van der Waals surface area contributed by atoms with E-state index in [0.717, 1.165) is 11.8 Å². The summed E-state index contributed by atoms with van der Waals surface area (Å²) in [6.45, 7) is 13.3. The number of hydrogen-bond acceptors (Lipinski definition) is 1. The molecule has 1 aromatic heterocycles. The molecule has 0 unspecified atom stereocenters. The van der Waals surface area contributed by atoms with Crippen LogP contribution in [0.3, 0.4) is 0 Å². The van der Waals surface area contributed by atoms with Crippen LogP contribution in [0.2, 0.25) is 0 Å². The van der Waals surface area contributed by atoms with E-state index in [1.165, 1.54) is 17.0 Å². The summed E-state index contributed by atoms with van der Waals surface area (Å²) in [5.41, 5.74) is 4.00. The minimum atomic E-state index is 0.113. The Morgan fingerprint density at radius 2 is 1.35 bits per heavy atom. The van der Waals surface area contributed by atoms with Crippen LogP contribution in [0, 0.1) is 0 Å². The first-order valence-corrected chi connectivity index (χ1v) is 7.34. The molecule has 0 saturated heterocycles. The molecule has 0 aliphatic heterocycles. The number of pyridine rings is 1. The fourth-order valence-electron chi connectivity index (χ4n) is 1.61. The van der Waals surface area contributed by atoms with Crippen LogP contribution in [0.25, 0.3) is 0 Å². The molecule has 0 aliphatic rings. The molecule has 1 nitrogen and oxygen atoms in total. The summed E-state index contributed by atoms with van der Waals surface area (Å²) in [7, 11) is 0. The van der Waals surface area contributed by atoms with E-state index in [-0.39, 0.29) is 10.8 Å². The highest BCUT2D eigenvalue weighted by molar-refractivity contribution is 9.09. The van der Waals surface area contributed by atoms with E-state index in [9.17, 15) is 0 Å². The highest BCUT2D eigenvalue weighted by atomic mass is 79.9. The van der Waals surface area contributed by atoms with E-state index < -0.39 is 0 Å². The second kappa shape index (κ2) is 5.09. The molecule has 1 heterocycles. The van der Waals surface area contributed by atoms with Crippen LogP contribution in [0.4, 0.5) is 0 Å². The van der Waals surface area contributed by atoms with E-state index in [2.05, 4.69) is 69.6 Å². The topological polar surface area (TPSA) is 12.9 Å². The van der Waals surface area contributed by atoms with Gasteiger partial charge in [-0.3, -0.25) is 4.98 Å². The average molecular weight is 298 g/mol. The van der Waals surface area contributed by atoms with Crippen LogP contribution >= 0.6 is 15.9 Å². The number of rotatable bonds is 2. The SMILES string of the molecule is CC(C)(C)c1cc(CCBr)cc(C(C)(C)C)n1. The number of halogens is 1. The lowest BCUT2D eigenvalue weighted by atomic mass is 9.86. The molecule has 17 heavy (non-hydrogen) atoms. The Hall–Kier alpha value is -0.370. The average Bonchev–Trinajstić information content (AvgIpc) is 2.15. The zero-order valence-corrected chi connectivity index (χ0v) is 13.5. The van der Waals surface area contributed by atoms with Crippen LogP contribution in [-0.4, -0.2) is 10.3 Å². The maximum absolute atomic E-state index is 4.84.